The summed E-state index contributed by atoms with van der Waals surface area (Å²) >= 11 is 0. The fourth-order valence-corrected chi connectivity index (χ4v) is 0.177. The molecule has 0 saturated heterocycles. The van der Waals surface area contributed by atoms with E-state index in [9.17, 15) is 30.0 Å². The monoisotopic (exact) mass is 256 g/mol. The van der Waals surface area contributed by atoms with Crippen LogP contribution in [0.2, 0.25) is 0 Å². The van der Waals surface area contributed by atoms with Crippen LogP contribution in [0.5, 0.6) is 0 Å². The van der Waals surface area contributed by atoms with Crippen LogP contribution in [0.15, 0.2) is 0 Å². The third kappa shape index (κ3) is 82.3. The van der Waals surface area contributed by atoms with Crippen molar-refractivity contribution in [3.63, 3.8) is 0 Å². The second kappa shape index (κ2) is 5.28. The van der Waals surface area contributed by atoms with E-state index >= 15 is 0 Å². The maximum atomic E-state index is 9.97. The standard InChI is InChI=1S/C4H8O3.F6P.Li/c1-3-7-4(5)6-2;1-7(2,3,4,5)6;/h3H2,1-2H3;;/q;-1;+1. The molecular formula is C4H8F6LiO3P. The molecule has 0 heterocycles. The van der Waals surface area contributed by atoms with Gasteiger partial charge in [-0.25, -0.2) is 4.79 Å². The Bertz CT molecular complexity index is 188. The first-order valence-electron chi connectivity index (χ1n) is 3.03. The maximum Gasteiger partial charge on any atom is 1.00 e. The second-order valence-corrected chi connectivity index (χ2v) is 3.76. The Kier molecular flexibility index (Phi) is 7.15. The molecule has 0 unspecified atom stereocenters. The molecule has 0 amide bonds. The number of halogens is 6. The third-order valence-corrected chi connectivity index (χ3v) is 0.429. The molecule has 0 saturated carbocycles. The summed E-state index contributed by atoms with van der Waals surface area (Å²) in [6.07, 6.45) is -0.623. The van der Waals surface area contributed by atoms with E-state index in [4.69, 9.17) is 0 Å². The Morgan fingerprint density at radius 3 is 1.47 bits per heavy atom. The van der Waals surface area contributed by atoms with Crippen LogP contribution in [0.25, 0.3) is 0 Å². The zero-order chi connectivity index (χ0) is 12.1. The SMILES string of the molecule is CCOC(=O)OC.F[P-](F)(F)(F)(F)F.[Li+]. The van der Waals surface area contributed by atoms with Crippen molar-refractivity contribution in [2.75, 3.05) is 13.7 Å². The molecule has 0 aliphatic carbocycles. The number of carbonyl (C=O) groups excluding carboxylic acids is 1. The van der Waals surface area contributed by atoms with Gasteiger partial charge in [0, 0.05) is 0 Å². The van der Waals surface area contributed by atoms with Crippen molar-refractivity contribution in [3.05, 3.63) is 0 Å². The van der Waals surface area contributed by atoms with Crippen LogP contribution in [-0.4, -0.2) is 19.9 Å². The van der Waals surface area contributed by atoms with Gasteiger partial charge in [-0.05, 0) is 6.92 Å². The molecule has 3 nitrogen and oxygen atoms in total. The van der Waals surface area contributed by atoms with Crippen molar-refractivity contribution < 1.29 is 58.3 Å². The molecule has 15 heavy (non-hydrogen) atoms. The Hall–Kier alpha value is -0.123. The van der Waals surface area contributed by atoms with Gasteiger partial charge in [0.2, 0.25) is 0 Å². The molecule has 0 spiro atoms. The van der Waals surface area contributed by atoms with E-state index in [1.165, 1.54) is 7.11 Å². The number of methoxy groups -OCH3 is 1. The number of hydrogen-bond donors (Lipinski definition) is 0. The fraction of sp³-hybridized carbons (Fsp3) is 0.750. The van der Waals surface area contributed by atoms with E-state index in [2.05, 4.69) is 9.47 Å². The van der Waals surface area contributed by atoms with Crippen molar-refractivity contribution in [1.82, 2.24) is 0 Å². The maximum absolute atomic E-state index is 10.7. The molecule has 0 aliphatic heterocycles. The Morgan fingerprint density at radius 2 is 1.40 bits per heavy atom. The molecule has 0 rings (SSSR count). The van der Waals surface area contributed by atoms with Gasteiger partial charge in [0.25, 0.3) is 0 Å². The zero-order valence-corrected chi connectivity index (χ0v) is 9.04. The quantitative estimate of drug-likeness (QED) is 0.306. The van der Waals surface area contributed by atoms with E-state index in [1.54, 1.807) is 6.92 Å². The minimum Gasteiger partial charge on any atom is 1.00 e. The molecule has 0 fully saturated rings. The van der Waals surface area contributed by atoms with E-state index in [1.807, 2.05) is 0 Å². The topological polar surface area (TPSA) is 35.5 Å². The van der Waals surface area contributed by atoms with Crippen LogP contribution in [0.3, 0.4) is 0 Å². The third-order valence-electron chi connectivity index (χ3n) is 0.429. The molecule has 90 valence electrons. The van der Waals surface area contributed by atoms with E-state index in [0.717, 1.165) is 0 Å². The van der Waals surface area contributed by atoms with Gasteiger partial charge in [-0.3, -0.25) is 0 Å². The van der Waals surface area contributed by atoms with Crippen LogP contribution in [0, 0.1) is 0 Å². The minimum atomic E-state index is -10.7. The van der Waals surface area contributed by atoms with E-state index < -0.39 is 14.0 Å². The van der Waals surface area contributed by atoms with Crippen LogP contribution < -0.4 is 18.9 Å². The van der Waals surface area contributed by atoms with Crippen LogP contribution in [0.1, 0.15) is 6.92 Å². The molecule has 0 atom stereocenters. The van der Waals surface area contributed by atoms with Crippen molar-refractivity contribution in [2.24, 2.45) is 0 Å². The largest absolute Gasteiger partial charge is 1.00 e. The van der Waals surface area contributed by atoms with Gasteiger partial charge >= 0.3 is 58.0 Å². The van der Waals surface area contributed by atoms with Crippen molar-refractivity contribution >= 4 is 14.0 Å². The molecule has 0 radical (unpaired) electrons. The summed E-state index contributed by atoms with van der Waals surface area (Å²) in [6, 6.07) is 0. The van der Waals surface area contributed by atoms with Gasteiger partial charge in [0.05, 0.1) is 13.7 Å². The molecule has 11 heteroatoms. The zero-order valence-electron chi connectivity index (χ0n) is 8.15. The van der Waals surface area contributed by atoms with E-state index in [0.29, 0.717) is 6.61 Å². The number of rotatable bonds is 1. The van der Waals surface area contributed by atoms with E-state index in [-0.39, 0.29) is 18.9 Å². The molecule has 0 aromatic rings. The Balaban J connectivity index is -0.000000180. The molecular weight excluding hydrogens is 248 g/mol. The number of ether oxygens (including phenoxy) is 2. The number of hydrogen-bond acceptors (Lipinski definition) is 3. The summed E-state index contributed by atoms with van der Waals surface area (Å²) in [5.41, 5.74) is 0. The predicted octanol–water partition coefficient (Wildman–Crippen LogP) is 1.18. The summed E-state index contributed by atoms with van der Waals surface area (Å²) in [6.45, 7) is 2.09. The van der Waals surface area contributed by atoms with Crippen molar-refractivity contribution in [3.8, 4) is 0 Å². The molecule has 0 aromatic heterocycles. The summed E-state index contributed by atoms with van der Waals surface area (Å²) in [5, 5.41) is 0. The first kappa shape index (κ1) is 20.3. The van der Waals surface area contributed by atoms with Crippen LogP contribution in [-0.2, 0) is 9.47 Å². The van der Waals surface area contributed by atoms with Gasteiger partial charge < -0.3 is 9.47 Å². The molecule has 0 N–H and O–H groups in total. The number of carbonyl (C=O) groups is 1. The van der Waals surface area contributed by atoms with Gasteiger partial charge in [0.1, 0.15) is 0 Å². The summed E-state index contributed by atoms with van der Waals surface area (Å²) in [4.78, 5) is 9.97. The van der Waals surface area contributed by atoms with Gasteiger partial charge in [-0.1, -0.05) is 0 Å². The summed E-state index contributed by atoms with van der Waals surface area (Å²) in [5.74, 6) is 0. The normalized spacial score (nSPS) is 14.4. The summed E-state index contributed by atoms with van der Waals surface area (Å²) in [7, 11) is -9.38. The second-order valence-electron chi connectivity index (χ2n) is 1.85. The first-order chi connectivity index (χ1) is 5.76. The van der Waals surface area contributed by atoms with Crippen LogP contribution in [0.4, 0.5) is 30.0 Å². The molecule has 0 bridgehead atoms. The first-order valence-corrected chi connectivity index (χ1v) is 5.06. The van der Waals surface area contributed by atoms with Crippen LogP contribution >= 0.6 is 7.81 Å². The smallest absolute Gasteiger partial charge is 1.00 e. The molecule has 0 aliphatic rings. The predicted molar refractivity (Wildman–Crippen MR) is 37.6 cm³/mol. The van der Waals surface area contributed by atoms with Crippen molar-refractivity contribution in [1.29, 1.82) is 0 Å². The Morgan fingerprint density at radius 1 is 1.13 bits per heavy atom. The van der Waals surface area contributed by atoms with Gasteiger partial charge in [-0.2, -0.15) is 0 Å². The molecule has 0 aromatic carbocycles. The van der Waals surface area contributed by atoms with Gasteiger partial charge in [-0.15, -0.1) is 0 Å². The Labute approximate surface area is 93.5 Å². The minimum absolute atomic E-state index is 0. The summed E-state index contributed by atoms with van der Waals surface area (Å²) < 4.78 is 67.7. The van der Waals surface area contributed by atoms with Gasteiger partial charge in [0.15, 0.2) is 0 Å². The average molecular weight is 256 g/mol. The van der Waals surface area contributed by atoms with Crippen molar-refractivity contribution in [2.45, 2.75) is 6.92 Å². The fourth-order valence-electron chi connectivity index (χ4n) is 0.177. The average Bonchev–Trinajstić information content (AvgIpc) is 1.81.